The third-order valence-electron chi connectivity index (χ3n) is 9.38. The highest BCUT2D eigenvalue weighted by molar-refractivity contribution is 5.84. The number of rotatable bonds is 22. The van der Waals surface area contributed by atoms with Gasteiger partial charge in [-0.15, -0.1) is 0 Å². The zero-order chi connectivity index (χ0) is 41.5. The minimum Gasteiger partial charge on any atom is -0.344 e. The van der Waals surface area contributed by atoms with Gasteiger partial charge in [0, 0.05) is 26.8 Å². The summed E-state index contributed by atoms with van der Waals surface area (Å²) in [6.45, 7) is 18.8. The third-order valence-corrected chi connectivity index (χ3v) is 9.38. The lowest BCUT2D eigenvalue weighted by Gasteiger charge is -2.21. The predicted octanol–water partition coefficient (Wildman–Crippen LogP) is 12.6. The van der Waals surface area contributed by atoms with Crippen LogP contribution in [0.3, 0.4) is 0 Å². The molecule has 3 aromatic carbocycles. The maximum Gasteiger partial charge on any atom is 0.243 e. The summed E-state index contributed by atoms with van der Waals surface area (Å²) in [7, 11) is 5.85. The Hall–Kier alpha value is -5.43. The predicted molar refractivity (Wildman–Crippen MR) is 251 cm³/mol. The van der Waals surface area contributed by atoms with E-state index in [1.807, 2.05) is 140 Å². The molecule has 0 spiro atoms. The number of hydrogen-bond donors (Lipinski definition) is 0. The number of para-hydroxylation sites is 3. The molecule has 0 N–H and O–H groups in total. The molecule has 7 nitrogen and oxygen atoms in total. The molecule has 7 heteroatoms. The minimum atomic E-state index is 0.840. The summed E-state index contributed by atoms with van der Waals surface area (Å²) in [5, 5.41) is 12.5. The number of allylic oxidation sites excluding steroid dienone is 6. The summed E-state index contributed by atoms with van der Waals surface area (Å²) in [5.41, 5.74) is 6.31. The van der Waals surface area contributed by atoms with Crippen LogP contribution in [0.2, 0.25) is 0 Å². The Kier molecular flexibility index (Phi) is 25.0. The molecule has 1 heterocycles. The number of aromatic nitrogens is 2. The zero-order valence-corrected chi connectivity index (χ0v) is 36.3. The van der Waals surface area contributed by atoms with Crippen molar-refractivity contribution in [3.8, 4) is 0 Å². The van der Waals surface area contributed by atoms with Gasteiger partial charge in [0.15, 0.2) is 0 Å². The lowest BCUT2D eigenvalue weighted by Crippen LogP contribution is -2.30. The minimum absolute atomic E-state index is 0.840. The fraction of sp³-hybridized carbons (Fsp3) is 0.380. The molecule has 4 aromatic rings. The molecule has 4 rings (SSSR count). The molecule has 57 heavy (non-hydrogen) atoms. The Morgan fingerprint density at radius 2 is 1.26 bits per heavy atom. The molecule has 0 unspecified atom stereocenters. The van der Waals surface area contributed by atoms with Gasteiger partial charge in [-0.1, -0.05) is 144 Å². The van der Waals surface area contributed by atoms with Crippen molar-refractivity contribution in [2.75, 3.05) is 36.1 Å². The number of hydrazone groups is 2. The summed E-state index contributed by atoms with van der Waals surface area (Å²) in [5.74, 6) is 0. The van der Waals surface area contributed by atoms with E-state index in [0.717, 1.165) is 28.3 Å². The van der Waals surface area contributed by atoms with Gasteiger partial charge in [0.1, 0.15) is 12.4 Å². The Balaban J connectivity index is 0.000000297. The van der Waals surface area contributed by atoms with Crippen molar-refractivity contribution in [2.45, 2.75) is 105 Å². The van der Waals surface area contributed by atoms with Crippen molar-refractivity contribution in [2.24, 2.45) is 10.2 Å². The first-order valence-corrected chi connectivity index (χ1v) is 20.9. The first kappa shape index (κ1) is 47.7. The number of anilines is 3. The van der Waals surface area contributed by atoms with Gasteiger partial charge in [-0.2, -0.15) is 10.2 Å². The van der Waals surface area contributed by atoms with Crippen molar-refractivity contribution < 1.29 is 4.57 Å². The van der Waals surface area contributed by atoms with E-state index in [-0.39, 0.29) is 0 Å². The van der Waals surface area contributed by atoms with Crippen LogP contribution in [0.25, 0.3) is 0 Å². The van der Waals surface area contributed by atoms with Gasteiger partial charge in [0.05, 0.1) is 42.6 Å². The van der Waals surface area contributed by atoms with Gasteiger partial charge in [0.25, 0.3) is 0 Å². The van der Waals surface area contributed by atoms with Gasteiger partial charge in [-0.05, 0) is 81.0 Å². The summed E-state index contributed by atoms with van der Waals surface area (Å²) >= 11 is 0. The van der Waals surface area contributed by atoms with Crippen molar-refractivity contribution in [1.82, 2.24) is 4.57 Å². The number of aryl methyl sites for hydroxylation is 3. The van der Waals surface area contributed by atoms with Crippen LogP contribution in [-0.2, 0) is 13.1 Å². The number of hydrogen-bond acceptors (Lipinski definition) is 5. The molecule has 1 aromatic heterocycles. The number of nitrogens with zero attached hydrogens (tertiary/aromatic N) is 7. The van der Waals surface area contributed by atoms with Crippen LogP contribution < -0.4 is 19.5 Å². The summed E-state index contributed by atoms with van der Waals surface area (Å²) < 4.78 is 4.69. The van der Waals surface area contributed by atoms with E-state index in [2.05, 4.69) is 84.1 Å². The standard InChI is InChI=1S/C18H21N3.C17H33N2.C15H18N2/c1-15-10-8-9-13-18(15)20(3)16(2)14-19-21(4)17-11-6-5-7-12-17;1-3-5-7-9-11-13-18-15-16-19(17-18)14-12-10-8-6-4-2;1-4-9-14(10-5-2)13-16-17(3)15-11-7-6-8-12-15/h5-14H,2H2,1,3-4H3;15-17H,3-14H2,1-2H3;4-13H,1H2,2-3H3/q;+1;/b19-14+;;10-5-,14-9+,16-13+. The molecule has 0 saturated carbocycles. The van der Waals surface area contributed by atoms with Crippen molar-refractivity contribution in [3.63, 3.8) is 0 Å². The van der Waals surface area contributed by atoms with E-state index in [1.54, 1.807) is 12.3 Å². The van der Waals surface area contributed by atoms with E-state index < -0.39 is 0 Å². The first-order chi connectivity index (χ1) is 27.7. The van der Waals surface area contributed by atoms with Crippen LogP contribution in [0.4, 0.5) is 17.1 Å². The fourth-order valence-corrected chi connectivity index (χ4v) is 5.88. The molecular formula is C50H72N7+. The number of imidazole rings is 1. The molecule has 0 aliphatic rings. The molecule has 0 amide bonds. The van der Waals surface area contributed by atoms with Crippen molar-refractivity contribution >= 4 is 29.5 Å². The van der Waals surface area contributed by atoms with Gasteiger partial charge in [-0.3, -0.25) is 10.0 Å². The molecule has 0 fully saturated rings. The van der Waals surface area contributed by atoms with Crippen LogP contribution >= 0.6 is 0 Å². The molecule has 0 atom stereocenters. The second kappa shape index (κ2) is 29.8. The monoisotopic (exact) mass is 771 g/mol. The van der Waals surface area contributed by atoms with Crippen LogP contribution in [0, 0.1) is 6.92 Å². The smallest absolute Gasteiger partial charge is 0.243 e. The highest BCUT2D eigenvalue weighted by Gasteiger charge is 2.06. The quantitative estimate of drug-likeness (QED) is 0.0263. The average Bonchev–Trinajstić information content (AvgIpc) is 3.70. The van der Waals surface area contributed by atoms with Gasteiger partial charge >= 0.3 is 0 Å². The largest absolute Gasteiger partial charge is 0.344 e. The number of benzene rings is 3. The first-order valence-electron chi connectivity index (χ1n) is 20.9. The normalized spacial score (nSPS) is 11.2. The van der Waals surface area contributed by atoms with E-state index >= 15 is 0 Å². The Labute approximate surface area is 346 Å². The average molecular weight is 771 g/mol. The van der Waals surface area contributed by atoms with Crippen molar-refractivity contribution in [3.05, 3.63) is 158 Å². The fourth-order valence-electron chi connectivity index (χ4n) is 5.88. The molecule has 0 saturated heterocycles. The second-order valence-corrected chi connectivity index (χ2v) is 14.2. The van der Waals surface area contributed by atoms with Crippen LogP contribution in [0.15, 0.2) is 163 Å². The Bertz CT molecular complexity index is 1740. The van der Waals surface area contributed by atoms with Crippen molar-refractivity contribution in [1.29, 1.82) is 0 Å². The lowest BCUT2D eigenvalue weighted by atomic mass is 10.1. The Morgan fingerprint density at radius 1 is 0.719 bits per heavy atom. The summed E-state index contributed by atoms with van der Waals surface area (Å²) in [6, 6.07) is 28.3. The highest BCUT2D eigenvalue weighted by Crippen LogP contribution is 2.20. The van der Waals surface area contributed by atoms with Crippen LogP contribution in [-0.4, -0.2) is 38.1 Å². The van der Waals surface area contributed by atoms with E-state index in [9.17, 15) is 0 Å². The summed E-state index contributed by atoms with van der Waals surface area (Å²) in [6.07, 6.45) is 31.6. The van der Waals surface area contributed by atoms with E-state index in [4.69, 9.17) is 0 Å². The van der Waals surface area contributed by atoms with Crippen LogP contribution in [0.5, 0.6) is 0 Å². The third kappa shape index (κ3) is 20.3. The Morgan fingerprint density at radius 3 is 1.82 bits per heavy atom. The SMILES string of the molecule is C=C(/C=N/N(C)c1ccccc1)N(C)c1ccccc1C.C=C/C=C(\C=C/C)/C=N/N(C)c1ccccc1.CCCCCCCn1cc[n+](CCCCCCC)c1. The maximum atomic E-state index is 4.44. The van der Waals surface area contributed by atoms with E-state index in [0.29, 0.717) is 0 Å². The highest BCUT2D eigenvalue weighted by atomic mass is 15.4. The molecule has 0 aliphatic carbocycles. The zero-order valence-electron chi connectivity index (χ0n) is 36.3. The second-order valence-electron chi connectivity index (χ2n) is 14.2. The lowest BCUT2D eigenvalue weighted by molar-refractivity contribution is -0.696. The molecule has 0 radical (unpaired) electrons. The topological polar surface area (TPSA) is 43.2 Å². The van der Waals surface area contributed by atoms with E-state index in [1.165, 1.54) is 82.9 Å². The van der Waals surface area contributed by atoms with Gasteiger partial charge in [-0.25, -0.2) is 9.13 Å². The maximum absolute atomic E-state index is 4.44. The molecule has 0 aliphatic heterocycles. The molecule has 306 valence electrons. The number of unbranched alkanes of at least 4 members (excludes halogenated alkanes) is 8. The van der Waals surface area contributed by atoms with Gasteiger partial charge in [0.2, 0.25) is 6.33 Å². The molecule has 0 bridgehead atoms. The van der Waals surface area contributed by atoms with Gasteiger partial charge < -0.3 is 4.90 Å². The summed E-state index contributed by atoms with van der Waals surface area (Å²) in [4.78, 5) is 2.04. The molecular weight excluding hydrogens is 699 g/mol. The van der Waals surface area contributed by atoms with Crippen LogP contribution in [0.1, 0.15) is 90.5 Å².